The van der Waals surface area contributed by atoms with Crippen molar-refractivity contribution in [2.24, 2.45) is 39.7 Å². The molecule has 0 spiro atoms. The van der Waals surface area contributed by atoms with Gasteiger partial charge in [0.15, 0.2) is 0 Å². The van der Waals surface area contributed by atoms with E-state index >= 15 is 0 Å². The summed E-state index contributed by atoms with van der Waals surface area (Å²) in [5.74, 6) is 2.21. The first-order chi connectivity index (χ1) is 12.3. The van der Waals surface area contributed by atoms with E-state index in [0.717, 1.165) is 57.8 Å². The molecule has 0 radical (unpaired) electrons. The summed E-state index contributed by atoms with van der Waals surface area (Å²) >= 11 is 0. The van der Waals surface area contributed by atoms with Crippen LogP contribution >= 0.6 is 0 Å². The zero-order valence-electron chi connectivity index (χ0n) is 16.5. The van der Waals surface area contributed by atoms with Crippen LogP contribution in [0.1, 0.15) is 84.5 Å². The summed E-state index contributed by atoms with van der Waals surface area (Å²) in [4.78, 5) is 0. The predicted octanol–water partition coefficient (Wildman–Crippen LogP) is 4.36. The number of aliphatic hydroxyl groups excluding tert-OH is 1. The van der Waals surface area contributed by atoms with Gasteiger partial charge in [-0.15, -0.1) is 5.16 Å². The lowest BCUT2D eigenvalue weighted by Crippen LogP contribution is -2.62. The molecule has 26 heavy (non-hydrogen) atoms. The first-order valence-corrected chi connectivity index (χ1v) is 10.9. The van der Waals surface area contributed by atoms with Gasteiger partial charge in [-0.3, -0.25) is 0 Å². The van der Waals surface area contributed by atoms with E-state index in [1.165, 1.54) is 12.8 Å². The van der Waals surface area contributed by atoms with Gasteiger partial charge in [-0.1, -0.05) is 13.8 Å². The standard InChI is InChI=1S/C22H37NO3/c1-20-10-8-17(24)14-16(20)5-6-19-18(20)9-11-21(2)15(4-3-13-23-26)7-12-22(19,21)25/h13,15-19,24-26H,3-12,14H2,1-2H3/b23-13+. The highest BCUT2D eigenvalue weighted by Crippen LogP contribution is 2.69. The highest BCUT2D eigenvalue weighted by Gasteiger charge is 2.66. The molecular formula is C22H37NO3. The monoisotopic (exact) mass is 363 g/mol. The summed E-state index contributed by atoms with van der Waals surface area (Å²) in [7, 11) is 0. The van der Waals surface area contributed by atoms with Gasteiger partial charge >= 0.3 is 0 Å². The van der Waals surface area contributed by atoms with E-state index in [1.54, 1.807) is 6.21 Å². The van der Waals surface area contributed by atoms with Crippen molar-refractivity contribution in [1.29, 1.82) is 0 Å². The quantitative estimate of drug-likeness (QED) is 0.396. The zero-order valence-corrected chi connectivity index (χ0v) is 16.5. The second-order valence-electron chi connectivity index (χ2n) is 10.4. The summed E-state index contributed by atoms with van der Waals surface area (Å²) < 4.78 is 0. The fraction of sp³-hybridized carbons (Fsp3) is 0.955. The van der Waals surface area contributed by atoms with Gasteiger partial charge in [0.05, 0.1) is 11.7 Å². The third kappa shape index (κ3) is 2.51. The molecule has 3 N–H and O–H groups in total. The van der Waals surface area contributed by atoms with E-state index < -0.39 is 5.60 Å². The van der Waals surface area contributed by atoms with Crippen LogP contribution in [0.2, 0.25) is 0 Å². The lowest BCUT2D eigenvalue weighted by molar-refractivity contribution is -0.210. The van der Waals surface area contributed by atoms with E-state index in [2.05, 4.69) is 19.0 Å². The summed E-state index contributed by atoms with van der Waals surface area (Å²) in [6, 6.07) is 0. The normalized spacial score (nSPS) is 53.9. The molecule has 8 unspecified atom stereocenters. The molecule has 0 aromatic rings. The Labute approximate surface area is 158 Å². The van der Waals surface area contributed by atoms with Crippen LogP contribution in [-0.4, -0.2) is 33.3 Å². The zero-order chi connectivity index (χ0) is 18.6. The molecule has 0 heterocycles. The topological polar surface area (TPSA) is 73.1 Å². The molecule has 4 nitrogen and oxygen atoms in total. The molecular weight excluding hydrogens is 326 g/mol. The minimum Gasteiger partial charge on any atom is -0.411 e. The fourth-order valence-corrected chi connectivity index (χ4v) is 8.11. The Bertz CT molecular complexity index is 566. The molecule has 0 aromatic heterocycles. The van der Waals surface area contributed by atoms with Crippen LogP contribution in [0.25, 0.3) is 0 Å². The van der Waals surface area contributed by atoms with Gasteiger partial charge in [-0.25, -0.2) is 0 Å². The average molecular weight is 364 g/mol. The number of oxime groups is 1. The Morgan fingerprint density at radius 2 is 1.81 bits per heavy atom. The molecule has 0 aromatic carbocycles. The minimum absolute atomic E-state index is 0.00877. The molecule has 8 atom stereocenters. The van der Waals surface area contributed by atoms with Crippen LogP contribution in [0.5, 0.6) is 0 Å². The van der Waals surface area contributed by atoms with Gasteiger partial charge in [0.2, 0.25) is 0 Å². The van der Waals surface area contributed by atoms with E-state index in [4.69, 9.17) is 5.21 Å². The Hall–Kier alpha value is -0.610. The molecule has 4 fully saturated rings. The highest BCUT2D eigenvalue weighted by molar-refractivity contribution is 5.56. The smallest absolute Gasteiger partial charge is 0.0734 e. The van der Waals surface area contributed by atoms with Crippen molar-refractivity contribution < 1.29 is 15.4 Å². The maximum Gasteiger partial charge on any atom is 0.0734 e. The molecule has 148 valence electrons. The second-order valence-corrected chi connectivity index (χ2v) is 10.4. The van der Waals surface area contributed by atoms with Crippen molar-refractivity contribution in [2.75, 3.05) is 0 Å². The first-order valence-electron chi connectivity index (χ1n) is 10.9. The number of fused-ring (bicyclic) bond motifs is 5. The Kier molecular flexibility index (Phi) is 4.67. The van der Waals surface area contributed by atoms with E-state index in [0.29, 0.717) is 29.1 Å². The van der Waals surface area contributed by atoms with Gasteiger partial charge in [0, 0.05) is 6.21 Å². The largest absolute Gasteiger partial charge is 0.411 e. The van der Waals surface area contributed by atoms with Gasteiger partial charge in [0.25, 0.3) is 0 Å². The van der Waals surface area contributed by atoms with E-state index in [1.807, 2.05) is 0 Å². The van der Waals surface area contributed by atoms with Crippen LogP contribution in [0.3, 0.4) is 0 Å². The fourth-order valence-electron chi connectivity index (χ4n) is 8.11. The van der Waals surface area contributed by atoms with Crippen LogP contribution < -0.4 is 0 Å². The molecule has 0 amide bonds. The third-order valence-electron chi connectivity index (χ3n) is 9.74. The molecule has 4 aliphatic rings. The second kappa shape index (κ2) is 6.48. The summed E-state index contributed by atoms with van der Waals surface area (Å²) in [5, 5.41) is 34.0. The van der Waals surface area contributed by atoms with Crippen molar-refractivity contribution in [2.45, 2.75) is 96.2 Å². The molecule has 4 saturated carbocycles. The summed E-state index contributed by atoms with van der Waals surface area (Å²) in [5.41, 5.74) is -0.212. The number of rotatable bonds is 3. The highest BCUT2D eigenvalue weighted by atomic mass is 16.4. The first kappa shape index (κ1) is 18.7. The van der Waals surface area contributed by atoms with Crippen molar-refractivity contribution in [3.8, 4) is 0 Å². The third-order valence-corrected chi connectivity index (χ3v) is 9.74. The SMILES string of the molecule is CC12CCC(O)CC1CCC1C2CCC2(C)C(CC/C=N/O)CCC12O. The van der Waals surface area contributed by atoms with E-state index in [9.17, 15) is 10.2 Å². The maximum absolute atomic E-state index is 12.0. The summed E-state index contributed by atoms with van der Waals surface area (Å²) in [6.45, 7) is 4.81. The molecule has 4 aliphatic carbocycles. The Balaban J connectivity index is 1.58. The van der Waals surface area contributed by atoms with Gasteiger partial charge < -0.3 is 15.4 Å². The predicted molar refractivity (Wildman–Crippen MR) is 102 cm³/mol. The van der Waals surface area contributed by atoms with Crippen molar-refractivity contribution in [1.82, 2.24) is 0 Å². The van der Waals surface area contributed by atoms with Crippen LogP contribution in [0, 0.1) is 34.5 Å². The number of hydrogen-bond acceptors (Lipinski definition) is 4. The molecule has 0 saturated heterocycles. The molecule has 0 bridgehead atoms. The van der Waals surface area contributed by atoms with Gasteiger partial charge in [-0.05, 0) is 105 Å². The van der Waals surface area contributed by atoms with E-state index in [-0.39, 0.29) is 11.5 Å². The van der Waals surface area contributed by atoms with Crippen molar-refractivity contribution in [3.05, 3.63) is 0 Å². The number of aliphatic hydroxyl groups is 2. The van der Waals surface area contributed by atoms with Crippen LogP contribution in [0.15, 0.2) is 5.16 Å². The van der Waals surface area contributed by atoms with Crippen LogP contribution in [0.4, 0.5) is 0 Å². The van der Waals surface area contributed by atoms with Gasteiger partial charge in [-0.2, -0.15) is 0 Å². The summed E-state index contributed by atoms with van der Waals surface area (Å²) in [6.07, 6.45) is 13.1. The van der Waals surface area contributed by atoms with Crippen LogP contribution in [-0.2, 0) is 0 Å². The Morgan fingerprint density at radius 3 is 2.58 bits per heavy atom. The number of nitrogens with zero attached hydrogens (tertiary/aromatic N) is 1. The molecule has 4 heteroatoms. The molecule has 0 aliphatic heterocycles. The average Bonchev–Trinajstić information content (AvgIpc) is 2.88. The lowest BCUT2D eigenvalue weighted by Gasteiger charge is -2.63. The Morgan fingerprint density at radius 1 is 1.00 bits per heavy atom. The van der Waals surface area contributed by atoms with Gasteiger partial charge in [0.1, 0.15) is 0 Å². The van der Waals surface area contributed by atoms with Crippen molar-refractivity contribution >= 4 is 6.21 Å². The van der Waals surface area contributed by atoms with Crippen molar-refractivity contribution in [3.63, 3.8) is 0 Å². The molecule has 4 rings (SSSR count). The number of hydrogen-bond donors (Lipinski definition) is 3. The maximum atomic E-state index is 12.0. The lowest BCUT2D eigenvalue weighted by atomic mass is 9.43. The minimum atomic E-state index is -0.527.